The summed E-state index contributed by atoms with van der Waals surface area (Å²) in [6.45, 7) is 2.49. The van der Waals surface area contributed by atoms with Gasteiger partial charge in [-0.2, -0.15) is 4.31 Å². The number of carbonyl (C=O) groups excluding carboxylic acids is 1. The first-order valence-corrected chi connectivity index (χ1v) is 9.55. The van der Waals surface area contributed by atoms with Gasteiger partial charge in [0, 0.05) is 37.1 Å². The first kappa shape index (κ1) is 17.5. The van der Waals surface area contributed by atoms with Crippen molar-refractivity contribution in [3.63, 3.8) is 0 Å². The molecule has 1 N–H and O–H groups in total. The molecule has 0 radical (unpaired) electrons. The van der Waals surface area contributed by atoms with Crippen LogP contribution in [0.5, 0.6) is 0 Å². The van der Waals surface area contributed by atoms with Crippen molar-refractivity contribution in [1.29, 1.82) is 0 Å². The number of piperidine rings is 1. The topological polar surface area (TPSA) is 92.3 Å². The molecule has 1 fully saturated rings. The number of aromatic nitrogens is 2. The van der Waals surface area contributed by atoms with E-state index < -0.39 is 10.0 Å². The lowest BCUT2D eigenvalue weighted by atomic mass is 9.97. The van der Waals surface area contributed by atoms with Crippen molar-refractivity contribution in [3.8, 4) is 0 Å². The highest BCUT2D eigenvalue weighted by atomic mass is 32.2. The van der Waals surface area contributed by atoms with Crippen LogP contribution in [0.1, 0.15) is 18.5 Å². The van der Waals surface area contributed by atoms with Crippen LogP contribution < -0.4 is 5.32 Å². The van der Waals surface area contributed by atoms with Crippen LogP contribution in [0.4, 0.5) is 5.82 Å². The number of pyridine rings is 2. The van der Waals surface area contributed by atoms with E-state index in [2.05, 4.69) is 15.3 Å². The minimum Gasteiger partial charge on any atom is -0.310 e. The molecule has 0 aromatic carbocycles. The fraction of sp³-hybridized carbons (Fsp3) is 0.353. The molecule has 0 spiro atoms. The normalized spacial score (nSPS) is 16.5. The predicted molar refractivity (Wildman–Crippen MR) is 93.3 cm³/mol. The number of carbonyl (C=O) groups is 1. The molecule has 3 rings (SSSR count). The fourth-order valence-electron chi connectivity index (χ4n) is 2.85. The third-order valence-corrected chi connectivity index (χ3v) is 6.12. The van der Waals surface area contributed by atoms with Crippen molar-refractivity contribution in [2.24, 2.45) is 5.92 Å². The number of amides is 1. The van der Waals surface area contributed by atoms with Gasteiger partial charge in [-0.1, -0.05) is 6.07 Å². The largest absolute Gasteiger partial charge is 0.310 e. The molecule has 0 aliphatic carbocycles. The van der Waals surface area contributed by atoms with Gasteiger partial charge in [0.2, 0.25) is 15.9 Å². The van der Waals surface area contributed by atoms with Crippen LogP contribution in [0, 0.1) is 12.8 Å². The maximum Gasteiger partial charge on any atom is 0.244 e. The number of rotatable bonds is 4. The number of sulfonamides is 1. The number of nitrogens with one attached hydrogen (secondary N) is 1. The molecular weight excluding hydrogens is 340 g/mol. The Morgan fingerprint density at radius 2 is 1.96 bits per heavy atom. The summed E-state index contributed by atoms with van der Waals surface area (Å²) < 4.78 is 26.6. The lowest BCUT2D eigenvalue weighted by Crippen LogP contribution is -2.41. The van der Waals surface area contributed by atoms with Gasteiger partial charge in [0.25, 0.3) is 0 Å². The lowest BCUT2D eigenvalue weighted by Gasteiger charge is -2.30. The smallest absolute Gasteiger partial charge is 0.244 e. The van der Waals surface area contributed by atoms with Crippen LogP contribution in [-0.4, -0.2) is 41.7 Å². The zero-order valence-corrected chi connectivity index (χ0v) is 14.7. The molecule has 7 nitrogen and oxygen atoms in total. The number of hydrogen-bond acceptors (Lipinski definition) is 5. The predicted octanol–water partition coefficient (Wildman–Crippen LogP) is 1.82. The average molecular weight is 360 g/mol. The van der Waals surface area contributed by atoms with E-state index in [9.17, 15) is 13.2 Å². The molecule has 3 heterocycles. The number of anilines is 1. The molecule has 8 heteroatoms. The van der Waals surface area contributed by atoms with Gasteiger partial charge in [0.15, 0.2) is 0 Å². The minimum absolute atomic E-state index is 0.114. The third-order valence-electron chi connectivity index (χ3n) is 4.24. The van der Waals surface area contributed by atoms with Crippen molar-refractivity contribution in [2.75, 3.05) is 18.4 Å². The van der Waals surface area contributed by atoms with Gasteiger partial charge in [-0.25, -0.2) is 13.4 Å². The van der Waals surface area contributed by atoms with Gasteiger partial charge in [0.05, 0.1) is 0 Å². The number of nitrogens with zero attached hydrogens (tertiary/aromatic N) is 3. The summed E-state index contributed by atoms with van der Waals surface area (Å²) in [6.07, 6.45) is 3.85. The van der Waals surface area contributed by atoms with E-state index >= 15 is 0 Å². The number of hydrogen-bond donors (Lipinski definition) is 1. The van der Waals surface area contributed by atoms with E-state index in [1.807, 2.05) is 19.1 Å². The standard InChI is InChI=1S/C17H20N4O3S/c1-13-4-2-6-16(19-13)20-17(22)14-7-10-21(11-8-14)25(23,24)15-5-3-9-18-12-15/h2-6,9,12,14H,7-8,10-11H2,1H3,(H,19,20,22). The molecule has 25 heavy (non-hydrogen) atoms. The highest BCUT2D eigenvalue weighted by Crippen LogP contribution is 2.24. The van der Waals surface area contributed by atoms with Crippen LogP contribution in [0.15, 0.2) is 47.6 Å². The van der Waals surface area contributed by atoms with E-state index in [1.54, 1.807) is 12.1 Å². The summed E-state index contributed by atoms with van der Waals surface area (Å²) in [4.78, 5) is 20.7. The highest BCUT2D eigenvalue weighted by Gasteiger charge is 2.32. The van der Waals surface area contributed by atoms with Gasteiger partial charge in [-0.15, -0.1) is 0 Å². The first-order chi connectivity index (χ1) is 12.0. The monoisotopic (exact) mass is 360 g/mol. The molecule has 0 unspecified atom stereocenters. The van der Waals surface area contributed by atoms with Crippen molar-refractivity contribution in [3.05, 3.63) is 48.4 Å². The summed E-state index contributed by atoms with van der Waals surface area (Å²) in [5, 5.41) is 2.81. The van der Waals surface area contributed by atoms with Gasteiger partial charge in [-0.05, 0) is 44.0 Å². The van der Waals surface area contributed by atoms with Crippen molar-refractivity contribution in [1.82, 2.24) is 14.3 Å². The third kappa shape index (κ3) is 4.02. The molecule has 1 aliphatic heterocycles. The van der Waals surface area contributed by atoms with Crippen LogP contribution >= 0.6 is 0 Å². The molecular formula is C17H20N4O3S. The Labute approximate surface area is 147 Å². The molecule has 1 aliphatic rings. The van der Waals surface area contributed by atoms with Crippen molar-refractivity contribution >= 4 is 21.7 Å². The molecule has 2 aromatic rings. The fourth-order valence-corrected chi connectivity index (χ4v) is 4.28. The van der Waals surface area contributed by atoms with E-state index in [4.69, 9.17) is 0 Å². The quantitative estimate of drug-likeness (QED) is 0.898. The van der Waals surface area contributed by atoms with Gasteiger partial charge in [0.1, 0.15) is 10.7 Å². The SMILES string of the molecule is Cc1cccc(NC(=O)C2CCN(S(=O)(=O)c3cccnc3)CC2)n1. The second-order valence-electron chi connectivity index (χ2n) is 6.02. The van der Waals surface area contributed by atoms with Gasteiger partial charge < -0.3 is 5.32 Å². The van der Waals surface area contributed by atoms with Gasteiger partial charge >= 0.3 is 0 Å². The average Bonchev–Trinajstić information content (AvgIpc) is 2.62. The summed E-state index contributed by atoms with van der Waals surface area (Å²) in [5.41, 5.74) is 0.829. The Kier molecular flexibility index (Phi) is 5.10. The Hall–Kier alpha value is -2.32. The summed E-state index contributed by atoms with van der Waals surface area (Å²) >= 11 is 0. The molecule has 1 amide bonds. The Morgan fingerprint density at radius 3 is 2.60 bits per heavy atom. The van der Waals surface area contributed by atoms with Crippen LogP contribution in [0.25, 0.3) is 0 Å². The second kappa shape index (κ2) is 7.28. The van der Waals surface area contributed by atoms with Gasteiger partial charge in [-0.3, -0.25) is 9.78 Å². The van der Waals surface area contributed by atoms with Crippen molar-refractivity contribution in [2.45, 2.75) is 24.7 Å². The second-order valence-corrected chi connectivity index (χ2v) is 7.96. The first-order valence-electron chi connectivity index (χ1n) is 8.11. The number of aryl methyl sites for hydroxylation is 1. The molecule has 0 bridgehead atoms. The Morgan fingerprint density at radius 1 is 1.20 bits per heavy atom. The van der Waals surface area contributed by atoms with Crippen LogP contribution in [0.2, 0.25) is 0 Å². The molecule has 0 atom stereocenters. The summed E-state index contributed by atoms with van der Waals surface area (Å²) in [7, 11) is -3.55. The Bertz CT molecular complexity index is 847. The zero-order valence-electron chi connectivity index (χ0n) is 13.9. The Balaban J connectivity index is 1.61. The zero-order chi connectivity index (χ0) is 17.9. The summed E-state index contributed by atoms with van der Waals surface area (Å²) in [6, 6.07) is 8.57. The maximum atomic E-state index is 12.6. The van der Waals surface area contributed by atoms with E-state index in [-0.39, 0.29) is 16.7 Å². The molecule has 1 saturated heterocycles. The van der Waals surface area contributed by atoms with Crippen LogP contribution in [0.3, 0.4) is 0 Å². The maximum absolute atomic E-state index is 12.6. The molecule has 132 valence electrons. The van der Waals surface area contributed by atoms with E-state index in [1.165, 1.54) is 22.8 Å². The van der Waals surface area contributed by atoms with E-state index in [0.717, 1.165) is 5.69 Å². The van der Waals surface area contributed by atoms with E-state index in [0.29, 0.717) is 31.7 Å². The van der Waals surface area contributed by atoms with Crippen LogP contribution in [-0.2, 0) is 14.8 Å². The highest BCUT2D eigenvalue weighted by molar-refractivity contribution is 7.89. The summed E-state index contributed by atoms with van der Waals surface area (Å²) in [5.74, 6) is 0.189. The molecule has 2 aromatic heterocycles. The minimum atomic E-state index is -3.55. The van der Waals surface area contributed by atoms with Crippen molar-refractivity contribution < 1.29 is 13.2 Å². The lowest BCUT2D eigenvalue weighted by molar-refractivity contribution is -0.120. The molecule has 0 saturated carbocycles.